The van der Waals surface area contributed by atoms with Gasteiger partial charge >= 0.3 is 0 Å². The van der Waals surface area contributed by atoms with Gasteiger partial charge in [0.1, 0.15) is 18.4 Å². The number of anilines is 1. The summed E-state index contributed by atoms with van der Waals surface area (Å²) in [6, 6.07) is 14.2. The van der Waals surface area contributed by atoms with E-state index >= 15 is 0 Å². The first kappa shape index (κ1) is 24.8. The van der Waals surface area contributed by atoms with Gasteiger partial charge in [0, 0.05) is 38.0 Å². The molecule has 1 spiro atoms. The van der Waals surface area contributed by atoms with Gasteiger partial charge in [-0.3, -0.25) is 14.4 Å². The van der Waals surface area contributed by atoms with Crippen molar-refractivity contribution >= 4 is 23.4 Å². The lowest BCUT2D eigenvalue weighted by atomic mass is 9.75. The first-order valence-electron chi connectivity index (χ1n) is 14.3. The molecule has 7 rings (SSSR count). The number of fused-ring (bicyclic) bond motifs is 3. The monoisotopic (exact) mass is 531 g/mol. The Bertz CT molecular complexity index is 1320. The fourth-order valence-corrected chi connectivity index (χ4v) is 7.61. The second kappa shape index (κ2) is 9.44. The van der Waals surface area contributed by atoms with Gasteiger partial charge in [-0.25, -0.2) is 4.39 Å². The largest absolute Gasteiger partial charge is 0.381 e. The molecule has 3 atom stereocenters. The Balaban J connectivity index is 1.05. The van der Waals surface area contributed by atoms with Gasteiger partial charge < -0.3 is 19.4 Å². The quantitative estimate of drug-likeness (QED) is 0.605. The fourth-order valence-electron chi connectivity index (χ4n) is 7.61. The van der Waals surface area contributed by atoms with Crippen LogP contribution in [-0.4, -0.2) is 72.5 Å². The molecule has 39 heavy (non-hydrogen) atoms. The van der Waals surface area contributed by atoms with Crippen LogP contribution in [0, 0.1) is 11.7 Å². The average Bonchev–Trinajstić information content (AvgIpc) is 3.58. The third kappa shape index (κ3) is 4.06. The van der Waals surface area contributed by atoms with Crippen molar-refractivity contribution in [2.75, 3.05) is 37.7 Å². The molecule has 3 saturated heterocycles. The number of carbonyl (C=O) groups excluding carboxylic acids is 3. The summed E-state index contributed by atoms with van der Waals surface area (Å²) >= 11 is 0. The van der Waals surface area contributed by atoms with Crippen molar-refractivity contribution in [2.24, 2.45) is 5.92 Å². The van der Waals surface area contributed by atoms with Crippen LogP contribution >= 0.6 is 0 Å². The van der Waals surface area contributed by atoms with E-state index in [2.05, 4.69) is 0 Å². The minimum atomic E-state index is -0.622. The molecule has 0 unspecified atom stereocenters. The predicted octanol–water partition coefficient (Wildman–Crippen LogP) is 3.62. The number of piperidine rings is 2. The zero-order chi connectivity index (χ0) is 26.7. The molecule has 5 aliphatic rings. The van der Waals surface area contributed by atoms with Crippen molar-refractivity contribution in [3.63, 3.8) is 0 Å². The number of rotatable bonds is 4. The van der Waals surface area contributed by atoms with Gasteiger partial charge in [-0.15, -0.1) is 0 Å². The Morgan fingerprint density at radius 3 is 2.54 bits per heavy atom. The van der Waals surface area contributed by atoms with Crippen LogP contribution < -0.4 is 4.90 Å². The SMILES string of the molecule is O=C([C@H]1C[C@H]2C[C@H]2N1C(=O)CN1C(=O)C2(CCOCC2)c2ccccc21)N1CCC(c2cccc(F)c2)CC1. The summed E-state index contributed by atoms with van der Waals surface area (Å²) in [6.45, 7) is 2.24. The lowest BCUT2D eigenvalue weighted by Gasteiger charge is -2.37. The molecule has 204 valence electrons. The van der Waals surface area contributed by atoms with E-state index in [1.165, 1.54) is 6.07 Å². The van der Waals surface area contributed by atoms with E-state index in [0.29, 0.717) is 51.5 Å². The summed E-state index contributed by atoms with van der Waals surface area (Å²) in [4.78, 5) is 46.7. The number of carbonyl (C=O) groups is 3. The topological polar surface area (TPSA) is 70.2 Å². The van der Waals surface area contributed by atoms with E-state index < -0.39 is 11.5 Å². The Morgan fingerprint density at radius 2 is 1.77 bits per heavy atom. The van der Waals surface area contributed by atoms with Gasteiger partial charge in [-0.05, 0) is 79.7 Å². The lowest BCUT2D eigenvalue weighted by molar-refractivity contribution is -0.145. The maximum absolute atomic E-state index is 13.8. The minimum Gasteiger partial charge on any atom is -0.381 e. The van der Waals surface area contributed by atoms with Crippen LogP contribution in [0.1, 0.15) is 55.6 Å². The number of hydrogen-bond donors (Lipinski definition) is 0. The molecule has 4 aliphatic heterocycles. The highest BCUT2D eigenvalue weighted by atomic mass is 19.1. The van der Waals surface area contributed by atoms with Crippen molar-refractivity contribution < 1.29 is 23.5 Å². The van der Waals surface area contributed by atoms with Crippen LogP contribution in [0.15, 0.2) is 48.5 Å². The van der Waals surface area contributed by atoms with E-state index in [1.807, 2.05) is 35.2 Å². The van der Waals surface area contributed by atoms with Gasteiger partial charge in [0.25, 0.3) is 0 Å². The standard InChI is InChI=1S/C31H34FN3O4/c32-23-5-3-4-21(16-23)20-8-12-33(13-9-20)29(37)27-18-22-17-26(22)35(27)28(36)19-34-25-7-2-1-6-24(25)31(30(34)38)10-14-39-15-11-31/h1-7,16,20,22,26-27H,8-15,17-19H2/t22-,26-,27-/m1/s1. The molecule has 1 aliphatic carbocycles. The number of para-hydroxylation sites is 1. The van der Waals surface area contributed by atoms with Crippen molar-refractivity contribution in [1.82, 2.24) is 9.80 Å². The third-order valence-electron chi connectivity index (χ3n) is 9.81. The molecule has 0 bridgehead atoms. The van der Waals surface area contributed by atoms with E-state index in [4.69, 9.17) is 4.74 Å². The Kier molecular flexibility index (Phi) is 5.99. The molecule has 4 heterocycles. The average molecular weight is 532 g/mol. The van der Waals surface area contributed by atoms with Gasteiger partial charge in [0.15, 0.2) is 0 Å². The van der Waals surface area contributed by atoms with Gasteiger partial charge in [0.05, 0.1) is 5.41 Å². The zero-order valence-electron chi connectivity index (χ0n) is 22.1. The number of ether oxygens (including phenoxy) is 1. The fraction of sp³-hybridized carbons (Fsp3) is 0.516. The number of benzene rings is 2. The highest BCUT2D eigenvalue weighted by Gasteiger charge is 2.58. The van der Waals surface area contributed by atoms with Crippen molar-refractivity contribution in [1.29, 1.82) is 0 Å². The molecule has 4 fully saturated rings. The molecule has 2 aromatic rings. The second-order valence-corrected chi connectivity index (χ2v) is 11.9. The summed E-state index contributed by atoms with van der Waals surface area (Å²) in [5.74, 6) is 0.235. The van der Waals surface area contributed by atoms with Crippen LogP contribution in [0.2, 0.25) is 0 Å². The Morgan fingerprint density at radius 1 is 1.00 bits per heavy atom. The molecule has 7 nitrogen and oxygen atoms in total. The Hall–Kier alpha value is -3.26. The van der Waals surface area contributed by atoms with Crippen LogP contribution in [0.25, 0.3) is 0 Å². The first-order chi connectivity index (χ1) is 19.0. The maximum Gasteiger partial charge on any atom is 0.245 e. The molecule has 0 radical (unpaired) electrons. The van der Waals surface area contributed by atoms with Gasteiger partial charge in [-0.2, -0.15) is 0 Å². The minimum absolute atomic E-state index is 0.0160. The van der Waals surface area contributed by atoms with Crippen molar-refractivity contribution in [3.05, 3.63) is 65.5 Å². The summed E-state index contributed by atoms with van der Waals surface area (Å²) in [5.41, 5.74) is 2.17. The highest BCUT2D eigenvalue weighted by molar-refractivity contribution is 6.11. The summed E-state index contributed by atoms with van der Waals surface area (Å²) < 4.78 is 19.3. The molecule has 8 heteroatoms. The lowest BCUT2D eigenvalue weighted by Crippen LogP contribution is -2.54. The number of nitrogens with zero attached hydrogens (tertiary/aromatic N) is 3. The van der Waals surface area contributed by atoms with Crippen molar-refractivity contribution in [2.45, 2.75) is 61.9 Å². The predicted molar refractivity (Wildman–Crippen MR) is 143 cm³/mol. The maximum atomic E-state index is 13.8. The number of amides is 3. The van der Waals surface area contributed by atoms with Crippen LogP contribution in [0.3, 0.4) is 0 Å². The van der Waals surface area contributed by atoms with Crippen LogP contribution in [-0.2, 0) is 24.5 Å². The molecular formula is C31H34FN3O4. The molecule has 0 N–H and O–H groups in total. The van der Waals surface area contributed by atoms with Crippen LogP contribution in [0.5, 0.6) is 0 Å². The molecule has 2 aromatic carbocycles. The molecule has 3 amide bonds. The zero-order valence-corrected chi connectivity index (χ0v) is 22.1. The van der Waals surface area contributed by atoms with E-state index in [-0.39, 0.29) is 42.0 Å². The summed E-state index contributed by atoms with van der Waals surface area (Å²) in [7, 11) is 0. The number of likely N-dealkylation sites (tertiary alicyclic amines) is 2. The van der Waals surface area contributed by atoms with Gasteiger partial charge in [0.2, 0.25) is 17.7 Å². The first-order valence-corrected chi connectivity index (χ1v) is 14.3. The normalized spacial score (nSPS) is 27.6. The summed E-state index contributed by atoms with van der Waals surface area (Å²) in [6.07, 6.45) is 4.44. The van der Waals surface area contributed by atoms with E-state index in [1.54, 1.807) is 21.9 Å². The van der Waals surface area contributed by atoms with Gasteiger partial charge in [-0.1, -0.05) is 30.3 Å². The second-order valence-electron chi connectivity index (χ2n) is 11.9. The number of halogens is 1. The summed E-state index contributed by atoms with van der Waals surface area (Å²) in [5, 5.41) is 0. The number of hydrogen-bond acceptors (Lipinski definition) is 4. The highest BCUT2D eigenvalue weighted by Crippen LogP contribution is 2.50. The molecular weight excluding hydrogens is 497 g/mol. The van der Waals surface area contributed by atoms with E-state index in [0.717, 1.165) is 36.1 Å². The third-order valence-corrected chi connectivity index (χ3v) is 9.81. The molecule has 0 aromatic heterocycles. The van der Waals surface area contributed by atoms with Crippen LogP contribution in [0.4, 0.5) is 10.1 Å². The smallest absolute Gasteiger partial charge is 0.245 e. The van der Waals surface area contributed by atoms with Crippen molar-refractivity contribution in [3.8, 4) is 0 Å². The van der Waals surface area contributed by atoms with E-state index in [9.17, 15) is 18.8 Å². The molecule has 1 saturated carbocycles. The Labute approximate surface area is 227 Å².